The fourth-order valence-electron chi connectivity index (χ4n) is 0.794. The Morgan fingerprint density at radius 1 is 1.31 bits per heavy atom. The highest BCUT2D eigenvalue weighted by molar-refractivity contribution is 5.92. The van der Waals surface area contributed by atoms with Gasteiger partial charge in [-0.2, -0.15) is 5.26 Å². The normalized spacial score (nSPS) is 10.2. The molecule has 6 heteroatoms. The molecule has 0 aliphatic rings. The Morgan fingerprint density at radius 2 is 1.94 bits per heavy atom. The van der Waals surface area contributed by atoms with Crippen molar-refractivity contribution in [1.29, 1.82) is 5.26 Å². The standard InChI is InChI=1S/C10H14N2O4/c1-3-15-9(13)7-12-6-8(5-11)10(14)16-4-2/h6,12H,3-4,7H2,1-2H3. The largest absolute Gasteiger partial charge is 0.465 e. The van der Waals surface area contributed by atoms with Crippen LogP contribution in [-0.4, -0.2) is 31.7 Å². The van der Waals surface area contributed by atoms with Crippen LogP contribution in [0.2, 0.25) is 0 Å². The molecule has 0 aromatic carbocycles. The zero-order valence-electron chi connectivity index (χ0n) is 9.28. The highest BCUT2D eigenvalue weighted by Gasteiger charge is 2.09. The van der Waals surface area contributed by atoms with Crippen LogP contribution in [0.4, 0.5) is 0 Å². The first-order chi connectivity index (χ1) is 7.65. The minimum atomic E-state index is -0.721. The van der Waals surface area contributed by atoms with Crippen LogP contribution >= 0.6 is 0 Å². The van der Waals surface area contributed by atoms with E-state index < -0.39 is 11.9 Å². The minimum absolute atomic E-state index is 0.0988. The summed E-state index contributed by atoms with van der Waals surface area (Å²) in [6.07, 6.45) is 1.13. The molecule has 0 rings (SSSR count). The van der Waals surface area contributed by atoms with E-state index in [1.54, 1.807) is 19.9 Å². The summed E-state index contributed by atoms with van der Waals surface area (Å²) in [7, 11) is 0. The summed E-state index contributed by atoms with van der Waals surface area (Å²) in [6.45, 7) is 3.70. The molecule has 0 saturated heterocycles. The lowest BCUT2D eigenvalue weighted by molar-refractivity contribution is -0.142. The summed E-state index contributed by atoms with van der Waals surface area (Å²) in [5.41, 5.74) is -0.189. The molecule has 0 aliphatic heterocycles. The van der Waals surface area contributed by atoms with Gasteiger partial charge in [0.1, 0.15) is 12.6 Å². The van der Waals surface area contributed by atoms with E-state index in [2.05, 4.69) is 14.8 Å². The topological polar surface area (TPSA) is 88.4 Å². The average Bonchev–Trinajstić information content (AvgIpc) is 2.25. The van der Waals surface area contributed by atoms with Gasteiger partial charge in [-0.25, -0.2) is 4.79 Å². The zero-order valence-corrected chi connectivity index (χ0v) is 9.28. The number of nitrogens with one attached hydrogen (secondary N) is 1. The van der Waals surface area contributed by atoms with Gasteiger partial charge in [-0.3, -0.25) is 4.79 Å². The number of hydrogen-bond donors (Lipinski definition) is 1. The Morgan fingerprint density at radius 3 is 2.44 bits per heavy atom. The van der Waals surface area contributed by atoms with Crippen LogP contribution in [0.25, 0.3) is 0 Å². The minimum Gasteiger partial charge on any atom is -0.465 e. The van der Waals surface area contributed by atoms with E-state index in [4.69, 9.17) is 5.26 Å². The van der Waals surface area contributed by atoms with Crippen molar-refractivity contribution < 1.29 is 19.1 Å². The second-order valence-electron chi connectivity index (χ2n) is 2.58. The van der Waals surface area contributed by atoms with Crippen LogP contribution in [0.3, 0.4) is 0 Å². The van der Waals surface area contributed by atoms with Crippen LogP contribution in [0.5, 0.6) is 0 Å². The van der Waals surface area contributed by atoms with Crippen LogP contribution in [-0.2, 0) is 19.1 Å². The molecule has 0 atom stereocenters. The summed E-state index contributed by atoms with van der Waals surface area (Å²) in [5.74, 6) is -1.18. The molecule has 6 nitrogen and oxygen atoms in total. The summed E-state index contributed by atoms with van der Waals surface area (Å²) in [5, 5.41) is 11.1. The van der Waals surface area contributed by atoms with Gasteiger partial charge in [-0.1, -0.05) is 0 Å². The van der Waals surface area contributed by atoms with Gasteiger partial charge in [-0.15, -0.1) is 0 Å². The highest BCUT2D eigenvalue weighted by atomic mass is 16.5. The third kappa shape index (κ3) is 5.65. The third-order valence-corrected chi connectivity index (χ3v) is 1.41. The Hall–Kier alpha value is -2.03. The van der Waals surface area contributed by atoms with Gasteiger partial charge in [-0.05, 0) is 13.8 Å². The average molecular weight is 226 g/mol. The Kier molecular flexibility index (Phi) is 7.24. The zero-order chi connectivity index (χ0) is 12.4. The molecule has 0 aromatic heterocycles. The maximum absolute atomic E-state index is 11.1. The lowest BCUT2D eigenvalue weighted by Crippen LogP contribution is -2.21. The smallest absolute Gasteiger partial charge is 0.350 e. The molecule has 0 bridgehead atoms. The highest BCUT2D eigenvalue weighted by Crippen LogP contribution is 1.94. The lowest BCUT2D eigenvalue weighted by atomic mass is 10.3. The van der Waals surface area contributed by atoms with Crippen molar-refractivity contribution in [3.63, 3.8) is 0 Å². The van der Waals surface area contributed by atoms with Crippen molar-refractivity contribution in [3.05, 3.63) is 11.8 Å². The number of nitriles is 1. The number of hydrogen-bond acceptors (Lipinski definition) is 6. The van der Waals surface area contributed by atoms with Crippen LogP contribution in [0.15, 0.2) is 11.8 Å². The van der Waals surface area contributed by atoms with Crippen molar-refractivity contribution in [1.82, 2.24) is 5.32 Å². The van der Waals surface area contributed by atoms with Crippen molar-refractivity contribution in [3.8, 4) is 6.07 Å². The molecule has 0 aromatic rings. The summed E-state index contributed by atoms with van der Waals surface area (Å²) >= 11 is 0. The van der Waals surface area contributed by atoms with Crippen molar-refractivity contribution in [2.45, 2.75) is 13.8 Å². The van der Waals surface area contributed by atoms with Gasteiger partial charge in [0.15, 0.2) is 5.57 Å². The number of carbonyl (C=O) groups is 2. The maximum atomic E-state index is 11.1. The summed E-state index contributed by atoms with van der Waals surface area (Å²) in [6, 6.07) is 1.66. The molecule has 0 radical (unpaired) electrons. The summed E-state index contributed by atoms with van der Waals surface area (Å²) in [4.78, 5) is 22.0. The quantitative estimate of drug-likeness (QED) is 0.393. The Bertz CT molecular complexity index is 317. The van der Waals surface area contributed by atoms with Crippen LogP contribution < -0.4 is 5.32 Å². The van der Waals surface area contributed by atoms with E-state index in [9.17, 15) is 9.59 Å². The molecule has 88 valence electrons. The molecular weight excluding hydrogens is 212 g/mol. The van der Waals surface area contributed by atoms with E-state index in [1.165, 1.54) is 0 Å². The first kappa shape index (κ1) is 14.0. The molecule has 1 N–H and O–H groups in total. The van der Waals surface area contributed by atoms with Gasteiger partial charge in [0.05, 0.1) is 13.2 Å². The summed E-state index contributed by atoms with van der Waals surface area (Å²) < 4.78 is 9.25. The molecule has 0 aliphatic carbocycles. The lowest BCUT2D eigenvalue weighted by Gasteiger charge is -2.02. The second kappa shape index (κ2) is 8.29. The third-order valence-electron chi connectivity index (χ3n) is 1.41. The molecule has 0 saturated carbocycles. The van der Waals surface area contributed by atoms with E-state index in [0.29, 0.717) is 0 Å². The molecule has 0 spiro atoms. The molecule has 16 heavy (non-hydrogen) atoms. The van der Waals surface area contributed by atoms with Crippen LogP contribution in [0.1, 0.15) is 13.8 Å². The molecule has 0 unspecified atom stereocenters. The molecular formula is C10H14N2O4. The first-order valence-corrected chi connectivity index (χ1v) is 4.82. The van der Waals surface area contributed by atoms with E-state index in [0.717, 1.165) is 6.20 Å². The van der Waals surface area contributed by atoms with Gasteiger partial charge in [0.2, 0.25) is 0 Å². The van der Waals surface area contributed by atoms with E-state index in [-0.39, 0.29) is 25.3 Å². The predicted molar refractivity (Wildman–Crippen MR) is 55.0 cm³/mol. The van der Waals surface area contributed by atoms with Gasteiger partial charge < -0.3 is 14.8 Å². The Labute approximate surface area is 93.8 Å². The number of rotatable bonds is 6. The maximum Gasteiger partial charge on any atom is 0.350 e. The predicted octanol–water partition coefficient (Wildman–Crippen LogP) is 0.110. The van der Waals surface area contributed by atoms with Crippen LogP contribution in [0, 0.1) is 11.3 Å². The molecule has 0 fully saturated rings. The van der Waals surface area contributed by atoms with Crippen molar-refractivity contribution >= 4 is 11.9 Å². The number of esters is 2. The van der Waals surface area contributed by atoms with Gasteiger partial charge >= 0.3 is 11.9 Å². The monoisotopic (exact) mass is 226 g/mol. The second-order valence-corrected chi connectivity index (χ2v) is 2.58. The van der Waals surface area contributed by atoms with Crippen molar-refractivity contribution in [2.75, 3.05) is 19.8 Å². The molecule has 0 amide bonds. The SMILES string of the molecule is CCOC(=O)CNC=C(C#N)C(=O)OCC. The number of ether oxygens (including phenoxy) is 2. The van der Waals surface area contributed by atoms with E-state index >= 15 is 0 Å². The number of carbonyl (C=O) groups excluding carboxylic acids is 2. The Balaban J connectivity index is 4.14. The number of nitrogens with zero attached hydrogens (tertiary/aromatic N) is 1. The fraction of sp³-hybridized carbons (Fsp3) is 0.500. The van der Waals surface area contributed by atoms with Gasteiger partial charge in [0, 0.05) is 6.20 Å². The van der Waals surface area contributed by atoms with Gasteiger partial charge in [0.25, 0.3) is 0 Å². The molecule has 0 heterocycles. The van der Waals surface area contributed by atoms with Crippen molar-refractivity contribution in [2.24, 2.45) is 0 Å². The first-order valence-electron chi connectivity index (χ1n) is 4.82. The van der Waals surface area contributed by atoms with E-state index in [1.807, 2.05) is 0 Å². The fourth-order valence-corrected chi connectivity index (χ4v) is 0.794.